The van der Waals surface area contributed by atoms with Gasteiger partial charge in [0, 0.05) is 26.6 Å². The Bertz CT molecular complexity index is 476. The topological polar surface area (TPSA) is 69.6 Å². The van der Waals surface area contributed by atoms with Crippen LogP contribution in [-0.2, 0) is 16.1 Å². The number of hydrogen-bond acceptors (Lipinski definition) is 3. The average Bonchev–Trinajstić information content (AvgIpc) is 2.45. The van der Waals surface area contributed by atoms with E-state index in [0.717, 1.165) is 5.56 Å². The van der Waals surface area contributed by atoms with E-state index in [4.69, 9.17) is 5.11 Å². The largest absolute Gasteiger partial charge is 0.396 e. The molecule has 2 N–H and O–H groups in total. The van der Waals surface area contributed by atoms with Gasteiger partial charge in [0.15, 0.2) is 0 Å². The van der Waals surface area contributed by atoms with Crippen LogP contribution in [0.15, 0.2) is 24.3 Å². The van der Waals surface area contributed by atoms with E-state index in [9.17, 15) is 14.0 Å². The van der Waals surface area contributed by atoms with Gasteiger partial charge in [0.1, 0.15) is 11.9 Å². The third kappa shape index (κ3) is 5.51. The molecule has 0 aliphatic carbocycles. The molecule has 0 saturated heterocycles. The van der Waals surface area contributed by atoms with E-state index >= 15 is 0 Å². The smallest absolute Gasteiger partial charge is 0.242 e. The standard InChI is InChI=1S/C15H21FN2O3/c1-11(15(21)17-8-3-9-19)18(12(2)20)10-13-4-6-14(16)7-5-13/h4-7,11,19H,3,8-10H2,1-2H3,(H,17,21)/t11-/m1/s1. The highest BCUT2D eigenvalue weighted by atomic mass is 19.1. The van der Waals surface area contributed by atoms with Crippen LogP contribution in [0.5, 0.6) is 0 Å². The number of nitrogens with one attached hydrogen (secondary N) is 1. The zero-order valence-corrected chi connectivity index (χ0v) is 12.3. The average molecular weight is 296 g/mol. The number of carbonyl (C=O) groups excluding carboxylic acids is 2. The van der Waals surface area contributed by atoms with Crippen LogP contribution in [0, 0.1) is 5.82 Å². The van der Waals surface area contributed by atoms with Gasteiger partial charge < -0.3 is 15.3 Å². The third-order valence-electron chi connectivity index (χ3n) is 3.15. The van der Waals surface area contributed by atoms with Crippen LogP contribution in [0.4, 0.5) is 4.39 Å². The number of hydrogen-bond donors (Lipinski definition) is 2. The van der Waals surface area contributed by atoms with Crippen molar-refractivity contribution < 1.29 is 19.1 Å². The number of carbonyl (C=O) groups is 2. The molecule has 0 aliphatic heterocycles. The Hall–Kier alpha value is -1.95. The summed E-state index contributed by atoms with van der Waals surface area (Å²) in [5.74, 6) is -0.854. The summed E-state index contributed by atoms with van der Waals surface area (Å²) in [7, 11) is 0. The zero-order valence-electron chi connectivity index (χ0n) is 12.3. The van der Waals surface area contributed by atoms with Crippen LogP contribution < -0.4 is 5.32 Å². The molecule has 0 heterocycles. The van der Waals surface area contributed by atoms with Crippen LogP contribution in [0.3, 0.4) is 0 Å². The van der Waals surface area contributed by atoms with Gasteiger partial charge in [-0.05, 0) is 31.0 Å². The van der Waals surface area contributed by atoms with Gasteiger partial charge >= 0.3 is 0 Å². The van der Waals surface area contributed by atoms with E-state index in [1.807, 2.05) is 0 Å². The maximum atomic E-state index is 12.9. The van der Waals surface area contributed by atoms with Crippen LogP contribution >= 0.6 is 0 Å². The molecular formula is C15H21FN2O3. The lowest BCUT2D eigenvalue weighted by Crippen LogP contribution is -2.47. The summed E-state index contributed by atoms with van der Waals surface area (Å²) in [5, 5.41) is 11.3. The minimum atomic E-state index is -0.633. The van der Waals surface area contributed by atoms with Crippen LogP contribution in [0.1, 0.15) is 25.8 Å². The SMILES string of the molecule is CC(=O)N(Cc1ccc(F)cc1)[C@H](C)C(=O)NCCCO. The Morgan fingerprint density at radius 3 is 2.48 bits per heavy atom. The molecule has 116 valence electrons. The van der Waals surface area contributed by atoms with Crippen molar-refractivity contribution in [3.63, 3.8) is 0 Å². The lowest BCUT2D eigenvalue weighted by atomic mass is 10.1. The fourth-order valence-electron chi connectivity index (χ4n) is 1.89. The lowest BCUT2D eigenvalue weighted by molar-refractivity contribution is -0.139. The maximum absolute atomic E-state index is 12.9. The zero-order chi connectivity index (χ0) is 15.8. The number of aliphatic hydroxyl groups excluding tert-OH is 1. The first kappa shape index (κ1) is 17.1. The summed E-state index contributed by atoms with van der Waals surface area (Å²) < 4.78 is 12.9. The molecule has 0 bridgehead atoms. The molecule has 1 rings (SSSR count). The maximum Gasteiger partial charge on any atom is 0.242 e. The van der Waals surface area contributed by atoms with E-state index in [1.54, 1.807) is 19.1 Å². The molecule has 0 saturated carbocycles. The predicted molar refractivity (Wildman–Crippen MR) is 76.8 cm³/mol. The molecule has 1 atom stereocenters. The Kier molecular flexibility index (Phi) is 6.81. The summed E-state index contributed by atoms with van der Waals surface area (Å²) in [5.41, 5.74) is 0.751. The van der Waals surface area contributed by atoms with Crippen molar-refractivity contribution in [2.45, 2.75) is 32.9 Å². The second-order valence-corrected chi connectivity index (χ2v) is 4.82. The van der Waals surface area contributed by atoms with Crippen LogP contribution in [0.2, 0.25) is 0 Å². The molecule has 2 amide bonds. The summed E-state index contributed by atoms with van der Waals surface area (Å²) in [6, 6.07) is 5.18. The summed E-state index contributed by atoms with van der Waals surface area (Å²) in [6.07, 6.45) is 0.469. The quantitative estimate of drug-likeness (QED) is 0.739. The van der Waals surface area contributed by atoms with E-state index in [0.29, 0.717) is 13.0 Å². The first-order valence-corrected chi connectivity index (χ1v) is 6.86. The number of rotatable bonds is 7. The highest BCUT2D eigenvalue weighted by Gasteiger charge is 2.23. The van der Waals surface area contributed by atoms with Crippen LogP contribution in [0.25, 0.3) is 0 Å². The second-order valence-electron chi connectivity index (χ2n) is 4.82. The lowest BCUT2D eigenvalue weighted by Gasteiger charge is -2.27. The van der Waals surface area contributed by atoms with Crippen molar-refractivity contribution in [2.75, 3.05) is 13.2 Å². The molecule has 0 radical (unpaired) electrons. The number of amides is 2. The highest BCUT2D eigenvalue weighted by molar-refractivity contribution is 5.86. The number of aliphatic hydroxyl groups is 1. The van der Waals surface area contributed by atoms with Gasteiger partial charge in [0.05, 0.1) is 0 Å². The molecule has 0 aromatic heterocycles. The Morgan fingerprint density at radius 2 is 1.95 bits per heavy atom. The normalized spacial score (nSPS) is 11.8. The monoisotopic (exact) mass is 296 g/mol. The van der Waals surface area contributed by atoms with Gasteiger partial charge in [-0.3, -0.25) is 9.59 Å². The molecule has 0 fully saturated rings. The van der Waals surface area contributed by atoms with Gasteiger partial charge in [-0.15, -0.1) is 0 Å². The minimum Gasteiger partial charge on any atom is -0.396 e. The summed E-state index contributed by atoms with van der Waals surface area (Å²) >= 11 is 0. The van der Waals surface area contributed by atoms with Crippen molar-refractivity contribution in [3.05, 3.63) is 35.6 Å². The van der Waals surface area contributed by atoms with Crippen molar-refractivity contribution in [3.8, 4) is 0 Å². The Morgan fingerprint density at radius 1 is 1.33 bits per heavy atom. The van der Waals surface area contributed by atoms with Crippen LogP contribution in [-0.4, -0.2) is 41.0 Å². The molecule has 6 heteroatoms. The Labute approximate surface area is 123 Å². The fourth-order valence-corrected chi connectivity index (χ4v) is 1.89. The molecular weight excluding hydrogens is 275 g/mol. The number of halogens is 1. The third-order valence-corrected chi connectivity index (χ3v) is 3.15. The first-order valence-electron chi connectivity index (χ1n) is 6.86. The summed E-state index contributed by atoms with van der Waals surface area (Å²) in [6.45, 7) is 3.63. The Balaban J connectivity index is 2.69. The van der Waals surface area contributed by atoms with Gasteiger partial charge in [-0.1, -0.05) is 12.1 Å². The summed E-state index contributed by atoms with van der Waals surface area (Å²) in [4.78, 5) is 25.1. The molecule has 1 aromatic carbocycles. The van der Waals surface area contributed by atoms with Crippen molar-refractivity contribution in [2.24, 2.45) is 0 Å². The van der Waals surface area contributed by atoms with E-state index < -0.39 is 6.04 Å². The van der Waals surface area contributed by atoms with Crippen molar-refractivity contribution in [1.29, 1.82) is 0 Å². The molecule has 5 nitrogen and oxygen atoms in total. The van der Waals surface area contributed by atoms with Crippen molar-refractivity contribution in [1.82, 2.24) is 10.2 Å². The number of benzene rings is 1. The molecule has 21 heavy (non-hydrogen) atoms. The van der Waals surface area contributed by atoms with E-state index in [-0.39, 0.29) is 30.8 Å². The fraction of sp³-hybridized carbons (Fsp3) is 0.467. The van der Waals surface area contributed by atoms with Gasteiger partial charge in [-0.25, -0.2) is 4.39 Å². The highest BCUT2D eigenvalue weighted by Crippen LogP contribution is 2.10. The predicted octanol–water partition coefficient (Wildman–Crippen LogP) is 1.06. The molecule has 1 aromatic rings. The number of nitrogens with zero attached hydrogens (tertiary/aromatic N) is 1. The van der Waals surface area contributed by atoms with Gasteiger partial charge in [0.2, 0.25) is 11.8 Å². The first-order chi connectivity index (χ1) is 9.95. The molecule has 0 spiro atoms. The molecule has 0 aliphatic rings. The molecule has 0 unspecified atom stereocenters. The van der Waals surface area contributed by atoms with Crippen molar-refractivity contribution >= 4 is 11.8 Å². The second kappa shape index (κ2) is 8.36. The van der Waals surface area contributed by atoms with E-state index in [2.05, 4.69) is 5.32 Å². The van der Waals surface area contributed by atoms with E-state index in [1.165, 1.54) is 24.0 Å². The van der Waals surface area contributed by atoms with Gasteiger partial charge in [-0.2, -0.15) is 0 Å². The minimum absolute atomic E-state index is 0.000658. The van der Waals surface area contributed by atoms with Gasteiger partial charge in [0.25, 0.3) is 0 Å².